The molecule has 1 aromatic heterocycles. The summed E-state index contributed by atoms with van der Waals surface area (Å²) in [5.41, 5.74) is 2.64. The van der Waals surface area contributed by atoms with E-state index in [9.17, 15) is 0 Å². The molecule has 1 unspecified atom stereocenters. The molecular formula is C28H29BN2O2. The van der Waals surface area contributed by atoms with Crippen LogP contribution >= 0.6 is 0 Å². The zero-order valence-corrected chi connectivity index (χ0v) is 19.6. The van der Waals surface area contributed by atoms with Gasteiger partial charge in [0.15, 0.2) is 0 Å². The van der Waals surface area contributed by atoms with Gasteiger partial charge < -0.3 is 9.31 Å². The average Bonchev–Trinajstić information content (AvgIpc) is 3.40. The van der Waals surface area contributed by atoms with E-state index in [1.54, 1.807) is 0 Å². The first-order chi connectivity index (χ1) is 15.9. The van der Waals surface area contributed by atoms with Gasteiger partial charge in [0, 0.05) is 11.8 Å². The lowest BCUT2D eigenvalue weighted by molar-refractivity contribution is -0.0134. The summed E-state index contributed by atoms with van der Waals surface area (Å²) in [6, 6.07) is 31.7. The van der Waals surface area contributed by atoms with Crippen LogP contribution in [0.15, 0.2) is 103 Å². The van der Waals surface area contributed by atoms with Crippen LogP contribution in [0.1, 0.15) is 43.0 Å². The largest absolute Gasteiger partial charge is 0.454 e. The minimum atomic E-state index is -0.645. The van der Waals surface area contributed by atoms with Gasteiger partial charge in [-0.25, -0.2) is 0 Å². The van der Waals surface area contributed by atoms with Crippen LogP contribution in [0.5, 0.6) is 0 Å². The molecule has 166 valence electrons. The van der Waals surface area contributed by atoms with Crippen molar-refractivity contribution >= 4 is 7.12 Å². The highest BCUT2D eigenvalue weighted by Crippen LogP contribution is 2.46. The first-order valence-electron chi connectivity index (χ1n) is 11.5. The quantitative estimate of drug-likeness (QED) is 0.290. The summed E-state index contributed by atoms with van der Waals surface area (Å²) in [7, 11) is -0.282. The monoisotopic (exact) mass is 436 g/mol. The van der Waals surface area contributed by atoms with Gasteiger partial charge in [-0.15, -0.1) is 0 Å². The molecule has 3 aromatic carbocycles. The Labute approximate surface area is 196 Å². The molecule has 0 bridgehead atoms. The van der Waals surface area contributed by atoms with E-state index in [2.05, 4.69) is 104 Å². The maximum Gasteiger partial charge on any atom is 0.454 e. The van der Waals surface area contributed by atoms with E-state index in [1.165, 1.54) is 0 Å². The first-order valence-corrected chi connectivity index (χ1v) is 11.5. The number of hydrogen-bond acceptors (Lipinski definition) is 3. The molecule has 1 atom stereocenters. The van der Waals surface area contributed by atoms with Gasteiger partial charge in [0.2, 0.25) is 0 Å². The van der Waals surface area contributed by atoms with Crippen LogP contribution < -0.4 is 0 Å². The Morgan fingerprint density at radius 1 is 0.727 bits per heavy atom. The number of hydrogen-bond donors (Lipinski definition) is 0. The second kappa shape index (κ2) is 8.01. The smallest absolute Gasteiger partial charge is 0.403 e. The topological polar surface area (TPSA) is 36.3 Å². The van der Waals surface area contributed by atoms with Crippen LogP contribution in [-0.2, 0) is 20.4 Å². The molecule has 0 spiro atoms. The molecule has 5 heteroatoms. The zero-order valence-electron chi connectivity index (χ0n) is 19.6. The van der Waals surface area contributed by atoms with Crippen LogP contribution in [0, 0.1) is 0 Å². The van der Waals surface area contributed by atoms with E-state index < -0.39 is 16.7 Å². The number of rotatable bonds is 5. The second-order valence-corrected chi connectivity index (χ2v) is 9.33. The highest BCUT2D eigenvalue weighted by Gasteiger charge is 2.54. The van der Waals surface area contributed by atoms with E-state index >= 15 is 0 Å². The summed E-state index contributed by atoms with van der Waals surface area (Å²) >= 11 is 0. The van der Waals surface area contributed by atoms with Crippen LogP contribution in [0.3, 0.4) is 0 Å². The Balaban J connectivity index is 1.79. The van der Waals surface area contributed by atoms with Gasteiger partial charge in [0.05, 0.1) is 11.8 Å². The summed E-state index contributed by atoms with van der Waals surface area (Å²) in [5.74, 6) is 0. The van der Waals surface area contributed by atoms with E-state index in [0.717, 1.165) is 22.3 Å². The van der Waals surface area contributed by atoms with Crippen molar-refractivity contribution in [2.45, 2.75) is 44.3 Å². The van der Waals surface area contributed by atoms with Crippen molar-refractivity contribution in [1.82, 2.24) is 9.78 Å². The minimum Gasteiger partial charge on any atom is -0.403 e. The predicted octanol–water partition coefficient (Wildman–Crippen LogP) is 5.88. The summed E-state index contributed by atoms with van der Waals surface area (Å²) < 4.78 is 14.5. The molecule has 2 heterocycles. The molecule has 1 aliphatic rings. The normalized spacial score (nSPS) is 20.2. The second-order valence-electron chi connectivity index (χ2n) is 9.33. The van der Waals surface area contributed by atoms with Gasteiger partial charge in [-0.3, -0.25) is 4.68 Å². The predicted molar refractivity (Wildman–Crippen MR) is 132 cm³/mol. The first kappa shape index (κ1) is 21.7. The van der Waals surface area contributed by atoms with Crippen molar-refractivity contribution in [2.75, 3.05) is 0 Å². The number of aromatic nitrogens is 2. The zero-order chi connectivity index (χ0) is 23.1. The summed E-state index contributed by atoms with van der Waals surface area (Å²) in [5, 5.41) is 4.98. The molecule has 0 amide bonds. The third kappa shape index (κ3) is 3.35. The lowest BCUT2D eigenvalue weighted by atomic mass is 9.77. The van der Waals surface area contributed by atoms with Crippen molar-refractivity contribution in [3.05, 3.63) is 126 Å². The van der Waals surface area contributed by atoms with Crippen molar-refractivity contribution in [2.24, 2.45) is 0 Å². The lowest BCUT2D eigenvalue weighted by Gasteiger charge is -2.37. The molecular weight excluding hydrogens is 407 g/mol. The molecule has 0 radical (unpaired) electrons. The molecule has 5 rings (SSSR count). The molecule has 1 saturated heterocycles. The third-order valence-corrected chi connectivity index (χ3v) is 7.06. The lowest BCUT2D eigenvalue weighted by Crippen LogP contribution is -2.42. The SMILES string of the molecule is CB1OC(C)(C)C(C)(c2cnn(C(c3ccccc3)(c3ccccc3)c3ccccc3)c2)O1. The van der Waals surface area contributed by atoms with Gasteiger partial charge in [-0.05, 0) is 44.3 Å². The summed E-state index contributed by atoms with van der Waals surface area (Å²) in [4.78, 5) is 0. The molecule has 1 fully saturated rings. The van der Waals surface area contributed by atoms with Crippen LogP contribution in [0.25, 0.3) is 0 Å². The Kier molecular flexibility index (Phi) is 5.27. The van der Waals surface area contributed by atoms with Crippen LogP contribution in [0.4, 0.5) is 0 Å². The maximum absolute atomic E-state index is 6.32. The summed E-state index contributed by atoms with van der Waals surface area (Å²) in [6.45, 7) is 8.19. The number of benzene rings is 3. The van der Waals surface area contributed by atoms with Gasteiger partial charge in [0.25, 0.3) is 0 Å². The molecule has 0 saturated carbocycles. The highest BCUT2D eigenvalue weighted by molar-refractivity contribution is 6.43. The highest BCUT2D eigenvalue weighted by atomic mass is 16.7. The third-order valence-electron chi connectivity index (χ3n) is 7.06. The van der Waals surface area contributed by atoms with Gasteiger partial charge in [-0.1, -0.05) is 91.0 Å². The van der Waals surface area contributed by atoms with E-state index in [0.29, 0.717) is 0 Å². The Morgan fingerprint density at radius 2 is 1.18 bits per heavy atom. The molecule has 4 aromatic rings. The standard InChI is InChI=1S/C28H29BN2O2/c1-26(2)27(3,33-29(4)32-26)25-20-30-31(21-25)28(22-14-8-5-9-15-22,23-16-10-6-11-17-23)24-18-12-7-13-19-24/h5-21H,1-4H3. The van der Waals surface area contributed by atoms with Crippen molar-refractivity contribution in [3.8, 4) is 0 Å². The van der Waals surface area contributed by atoms with E-state index in [1.807, 2.05) is 31.2 Å². The fourth-order valence-corrected chi connectivity index (χ4v) is 5.13. The fraction of sp³-hybridized carbons (Fsp3) is 0.250. The minimum absolute atomic E-state index is 0.282. The van der Waals surface area contributed by atoms with Crippen LogP contribution in [-0.4, -0.2) is 22.5 Å². The van der Waals surface area contributed by atoms with Crippen molar-refractivity contribution < 1.29 is 9.31 Å². The average molecular weight is 436 g/mol. The van der Waals surface area contributed by atoms with Gasteiger partial charge in [-0.2, -0.15) is 5.10 Å². The van der Waals surface area contributed by atoms with E-state index in [-0.39, 0.29) is 7.12 Å². The molecule has 1 aliphatic heterocycles. The maximum atomic E-state index is 6.32. The molecule has 0 aliphatic carbocycles. The molecule has 33 heavy (non-hydrogen) atoms. The molecule has 0 N–H and O–H groups in total. The summed E-state index contributed by atoms with van der Waals surface area (Å²) in [6.07, 6.45) is 4.04. The fourth-order valence-electron chi connectivity index (χ4n) is 5.13. The molecule has 4 nitrogen and oxygen atoms in total. The van der Waals surface area contributed by atoms with Gasteiger partial charge >= 0.3 is 7.12 Å². The Bertz CT molecular complexity index is 1130. The number of nitrogens with zero attached hydrogens (tertiary/aromatic N) is 2. The Hall–Kier alpha value is -3.15. The van der Waals surface area contributed by atoms with Crippen molar-refractivity contribution in [1.29, 1.82) is 0 Å². The van der Waals surface area contributed by atoms with Gasteiger partial charge in [0.1, 0.15) is 11.1 Å². The Morgan fingerprint density at radius 3 is 1.58 bits per heavy atom. The van der Waals surface area contributed by atoms with Crippen molar-refractivity contribution in [3.63, 3.8) is 0 Å². The van der Waals surface area contributed by atoms with Crippen LogP contribution in [0.2, 0.25) is 6.82 Å². The van der Waals surface area contributed by atoms with E-state index in [4.69, 9.17) is 14.4 Å².